The van der Waals surface area contributed by atoms with Crippen LogP contribution in [0, 0.1) is 0 Å². The van der Waals surface area contributed by atoms with Gasteiger partial charge in [-0.3, -0.25) is 4.79 Å². The molecule has 0 spiro atoms. The summed E-state index contributed by atoms with van der Waals surface area (Å²) >= 11 is 1.43. The van der Waals surface area contributed by atoms with Gasteiger partial charge in [-0.25, -0.2) is 4.79 Å². The summed E-state index contributed by atoms with van der Waals surface area (Å²) in [6.07, 6.45) is 1.23. The maximum Gasteiger partial charge on any atom is 0.327 e. The van der Waals surface area contributed by atoms with E-state index >= 15 is 0 Å². The summed E-state index contributed by atoms with van der Waals surface area (Å²) < 4.78 is 5.07. The van der Waals surface area contributed by atoms with E-state index in [1.165, 1.54) is 23.1 Å². The molecule has 1 N–H and O–H groups in total. The molecule has 8 heteroatoms. The maximum atomic E-state index is 12.4. The zero-order valence-corrected chi connectivity index (χ0v) is 11.6. The van der Waals surface area contributed by atoms with Gasteiger partial charge in [0.05, 0.1) is 5.88 Å². The number of carboxylic acids is 1. The molecule has 0 aliphatic carbocycles. The van der Waals surface area contributed by atoms with Gasteiger partial charge in [0.25, 0.3) is 5.91 Å². The number of benzene rings is 1. The average Bonchev–Trinajstić information content (AvgIpc) is 3.18. The Morgan fingerprint density at radius 3 is 2.71 bits per heavy atom. The third-order valence-electron chi connectivity index (χ3n) is 3.17. The third kappa shape index (κ3) is 2.62. The van der Waals surface area contributed by atoms with E-state index in [9.17, 15) is 9.59 Å². The highest BCUT2D eigenvalue weighted by Crippen LogP contribution is 2.24. The summed E-state index contributed by atoms with van der Waals surface area (Å²) in [4.78, 5) is 24.8. The minimum atomic E-state index is -0.976. The van der Waals surface area contributed by atoms with Crippen LogP contribution >= 0.6 is 11.8 Å². The Bertz CT molecular complexity index is 657. The predicted molar refractivity (Wildman–Crippen MR) is 74.7 cm³/mol. The van der Waals surface area contributed by atoms with Gasteiger partial charge in [-0.2, -0.15) is 0 Å². The van der Waals surface area contributed by atoms with Crippen LogP contribution in [0.3, 0.4) is 0 Å². The summed E-state index contributed by atoms with van der Waals surface area (Å²) in [7, 11) is 0. The Balaban J connectivity index is 1.80. The van der Waals surface area contributed by atoms with Gasteiger partial charge in [-0.1, -0.05) is 0 Å². The molecule has 0 bridgehead atoms. The Morgan fingerprint density at radius 2 is 2.10 bits per heavy atom. The smallest absolute Gasteiger partial charge is 0.327 e. The molecule has 108 valence electrons. The predicted octanol–water partition coefficient (Wildman–Crippen LogP) is 1.34. The quantitative estimate of drug-likeness (QED) is 0.913. The highest BCUT2D eigenvalue weighted by atomic mass is 32.2. The van der Waals surface area contributed by atoms with Crippen molar-refractivity contribution in [1.29, 1.82) is 0 Å². The first-order valence-corrected chi connectivity index (χ1v) is 7.30. The van der Waals surface area contributed by atoms with Crippen LogP contribution in [0.5, 0.6) is 0 Å². The molecule has 1 aromatic carbocycles. The summed E-state index contributed by atoms with van der Waals surface area (Å²) in [5.41, 5.74) is 1.14. The molecule has 1 saturated heterocycles. The first-order chi connectivity index (χ1) is 10.2. The molecule has 1 atom stereocenters. The van der Waals surface area contributed by atoms with E-state index in [4.69, 9.17) is 9.52 Å². The van der Waals surface area contributed by atoms with E-state index < -0.39 is 12.0 Å². The van der Waals surface area contributed by atoms with Crippen molar-refractivity contribution in [2.45, 2.75) is 6.04 Å². The second-order valence-corrected chi connectivity index (χ2v) is 5.45. The number of carbonyl (C=O) groups is 2. The lowest BCUT2D eigenvalue weighted by Gasteiger charge is -2.20. The number of aromatic nitrogens is 2. The second kappa shape index (κ2) is 5.57. The summed E-state index contributed by atoms with van der Waals surface area (Å²) in [5, 5.41) is 16.5. The van der Waals surface area contributed by atoms with Crippen molar-refractivity contribution in [3.05, 3.63) is 36.2 Å². The van der Waals surface area contributed by atoms with Crippen LogP contribution in [0.4, 0.5) is 0 Å². The van der Waals surface area contributed by atoms with Gasteiger partial charge in [0.15, 0.2) is 0 Å². The van der Waals surface area contributed by atoms with Crippen molar-refractivity contribution >= 4 is 23.6 Å². The SMILES string of the molecule is O=C(O)[C@@H]1CSCN1C(=O)c1ccc(-c2nnco2)cc1. The number of hydrogen-bond acceptors (Lipinski definition) is 6. The first kappa shape index (κ1) is 13.6. The van der Waals surface area contributed by atoms with Gasteiger partial charge in [0, 0.05) is 16.9 Å². The lowest BCUT2D eigenvalue weighted by molar-refractivity contribution is -0.140. The van der Waals surface area contributed by atoms with Crippen molar-refractivity contribution in [1.82, 2.24) is 15.1 Å². The summed E-state index contributed by atoms with van der Waals surface area (Å²) in [6, 6.07) is 5.88. The van der Waals surface area contributed by atoms with Crippen LogP contribution in [-0.4, -0.2) is 49.8 Å². The van der Waals surface area contributed by atoms with E-state index in [2.05, 4.69) is 10.2 Å². The van der Waals surface area contributed by atoms with E-state index in [1.54, 1.807) is 24.3 Å². The fourth-order valence-electron chi connectivity index (χ4n) is 2.07. The molecular weight excluding hydrogens is 294 g/mol. The number of carbonyl (C=O) groups excluding carboxylic acids is 1. The van der Waals surface area contributed by atoms with E-state index in [0.29, 0.717) is 28.6 Å². The van der Waals surface area contributed by atoms with Crippen LogP contribution in [0.25, 0.3) is 11.5 Å². The number of rotatable bonds is 3. The molecule has 1 aliphatic rings. The standard InChI is InChI=1S/C13H11N3O4S/c17-12(16-7-21-5-10(16)13(18)19)9-3-1-8(2-4-9)11-15-14-6-20-11/h1-4,6,10H,5,7H2,(H,18,19)/t10-/m0/s1. The molecule has 2 heterocycles. The lowest BCUT2D eigenvalue weighted by Crippen LogP contribution is -2.41. The molecule has 0 radical (unpaired) electrons. The zero-order valence-electron chi connectivity index (χ0n) is 10.8. The minimum Gasteiger partial charge on any atom is -0.480 e. The molecular formula is C13H11N3O4S. The van der Waals surface area contributed by atoms with Gasteiger partial charge in [0.1, 0.15) is 6.04 Å². The van der Waals surface area contributed by atoms with Gasteiger partial charge < -0.3 is 14.4 Å². The van der Waals surface area contributed by atoms with Gasteiger partial charge in [-0.15, -0.1) is 22.0 Å². The topological polar surface area (TPSA) is 96.5 Å². The Labute approximate surface area is 124 Å². The molecule has 21 heavy (non-hydrogen) atoms. The largest absolute Gasteiger partial charge is 0.480 e. The fraction of sp³-hybridized carbons (Fsp3) is 0.231. The zero-order chi connectivity index (χ0) is 14.8. The summed E-state index contributed by atoms with van der Waals surface area (Å²) in [6.45, 7) is 0. The number of carboxylic acid groups (broad SMARTS) is 1. The van der Waals surface area contributed by atoms with Crippen LogP contribution in [0.2, 0.25) is 0 Å². The molecule has 0 unspecified atom stereocenters. The van der Waals surface area contributed by atoms with Gasteiger partial charge >= 0.3 is 5.97 Å². The number of hydrogen-bond donors (Lipinski definition) is 1. The number of aliphatic carboxylic acids is 1. The maximum absolute atomic E-state index is 12.4. The highest BCUT2D eigenvalue weighted by molar-refractivity contribution is 7.99. The van der Waals surface area contributed by atoms with E-state index in [1.807, 2.05) is 0 Å². The molecule has 1 aromatic heterocycles. The van der Waals surface area contributed by atoms with Crippen LogP contribution in [0.15, 0.2) is 35.1 Å². The van der Waals surface area contributed by atoms with Crippen LogP contribution in [-0.2, 0) is 4.79 Å². The van der Waals surface area contributed by atoms with E-state index in [-0.39, 0.29) is 5.91 Å². The molecule has 1 aliphatic heterocycles. The average molecular weight is 305 g/mol. The van der Waals surface area contributed by atoms with Crippen molar-refractivity contribution in [2.24, 2.45) is 0 Å². The van der Waals surface area contributed by atoms with Gasteiger partial charge in [0.2, 0.25) is 12.3 Å². The third-order valence-corrected chi connectivity index (χ3v) is 4.18. The molecule has 0 saturated carbocycles. The van der Waals surface area contributed by atoms with Crippen molar-refractivity contribution in [3.63, 3.8) is 0 Å². The Morgan fingerprint density at radius 1 is 1.33 bits per heavy atom. The van der Waals surface area contributed by atoms with Crippen molar-refractivity contribution in [3.8, 4) is 11.5 Å². The molecule has 2 aromatic rings. The minimum absolute atomic E-state index is 0.288. The molecule has 7 nitrogen and oxygen atoms in total. The molecule has 1 amide bonds. The Kier molecular flexibility index (Phi) is 3.61. The van der Waals surface area contributed by atoms with Crippen molar-refractivity contribution < 1.29 is 19.1 Å². The first-order valence-electron chi connectivity index (χ1n) is 6.15. The number of amides is 1. The number of nitrogens with zero attached hydrogens (tertiary/aromatic N) is 3. The van der Waals surface area contributed by atoms with E-state index in [0.717, 1.165) is 0 Å². The molecule has 3 rings (SSSR count). The van der Waals surface area contributed by atoms with Crippen LogP contribution < -0.4 is 0 Å². The normalized spacial score (nSPS) is 17.9. The second-order valence-electron chi connectivity index (χ2n) is 4.45. The Hall–Kier alpha value is -2.35. The summed E-state index contributed by atoms with van der Waals surface area (Å²) in [5.74, 6) is -0.0861. The lowest BCUT2D eigenvalue weighted by atomic mass is 10.1. The monoisotopic (exact) mass is 305 g/mol. The number of thioether (sulfide) groups is 1. The highest BCUT2D eigenvalue weighted by Gasteiger charge is 2.34. The van der Waals surface area contributed by atoms with Gasteiger partial charge in [-0.05, 0) is 24.3 Å². The molecule has 1 fully saturated rings. The van der Waals surface area contributed by atoms with Crippen LogP contribution in [0.1, 0.15) is 10.4 Å². The van der Waals surface area contributed by atoms with Crippen molar-refractivity contribution in [2.75, 3.05) is 11.6 Å². The fourth-order valence-corrected chi connectivity index (χ4v) is 3.21.